The molecule has 0 atom stereocenters. The lowest BCUT2D eigenvalue weighted by atomic mass is 10.1. The van der Waals surface area contributed by atoms with Crippen LogP contribution in [0.4, 0.5) is 5.69 Å². The third-order valence-electron chi connectivity index (χ3n) is 3.92. The molecule has 1 aromatic heterocycles. The van der Waals surface area contributed by atoms with Gasteiger partial charge in [0.05, 0.1) is 17.6 Å². The molecule has 3 aromatic rings. The van der Waals surface area contributed by atoms with E-state index in [0.29, 0.717) is 22.3 Å². The zero-order valence-electron chi connectivity index (χ0n) is 14.4. The van der Waals surface area contributed by atoms with Crippen molar-refractivity contribution in [1.82, 2.24) is 15.1 Å². The van der Waals surface area contributed by atoms with Gasteiger partial charge in [0, 0.05) is 30.6 Å². The summed E-state index contributed by atoms with van der Waals surface area (Å²) in [7, 11) is 1.58. The molecule has 26 heavy (non-hydrogen) atoms. The first kappa shape index (κ1) is 17.3. The van der Waals surface area contributed by atoms with Gasteiger partial charge >= 0.3 is 0 Å². The zero-order chi connectivity index (χ0) is 18.7. The summed E-state index contributed by atoms with van der Waals surface area (Å²) in [6.07, 6.45) is 0. The highest BCUT2D eigenvalue weighted by Crippen LogP contribution is 2.13. The van der Waals surface area contributed by atoms with Crippen LogP contribution in [0.25, 0.3) is 10.8 Å². The van der Waals surface area contributed by atoms with Crippen LogP contribution in [-0.4, -0.2) is 21.6 Å². The SMILES string of the molecule is CC(=O)Nc1ccc(C(=O)NCc2nn(C)c(=O)c3ccccc23)cc1. The van der Waals surface area contributed by atoms with Gasteiger partial charge in [0.2, 0.25) is 5.91 Å². The first-order valence-electron chi connectivity index (χ1n) is 8.06. The van der Waals surface area contributed by atoms with Crippen LogP contribution in [-0.2, 0) is 18.4 Å². The number of aromatic nitrogens is 2. The fourth-order valence-corrected chi connectivity index (χ4v) is 2.68. The van der Waals surface area contributed by atoms with Gasteiger partial charge in [-0.3, -0.25) is 14.4 Å². The second kappa shape index (κ2) is 7.18. The molecule has 0 saturated heterocycles. The number of amides is 2. The molecule has 7 nitrogen and oxygen atoms in total. The molecule has 0 bridgehead atoms. The first-order valence-corrected chi connectivity index (χ1v) is 8.06. The summed E-state index contributed by atoms with van der Waals surface area (Å²) in [5.41, 5.74) is 1.53. The van der Waals surface area contributed by atoms with Crippen molar-refractivity contribution in [2.75, 3.05) is 5.32 Å². The Kier molecular flexibility index (Phi) is 4.79. The van der Waals surface area contributed by atoms with E-state index >= 15 is 0 Å². The van der Waals surface area contributed by atoms with E-state index in [1.54, 1.807) is 43.4 Å². The maximum atomic E-state index is 12.3. The number of fused-ring (bicyclic) bond motifs is 1. The number of anilines is 1. The van der Waals surface area contributed by atoms with Crippen molar-refractivity contribution in [3.63, 3.8) is 0 Å². The molecule has 0 radical (unpaired) electrons. The molecular weight excluding hydrogens is 332 g/mol. The average molecular weight is 350 g/mol. The third-order valence-corrected chi connectivity index (χ3v) is 3.92. The van der Waals surface area contributed by atoms with Crippen molar-refractivity contribution in [3.05, 3.63) is 70.1 Å². The summed E-state index contributed by atoms with van der Waals surface area (Å²) in [5.74, 6) is -0.436. The minimum atomic E-state index is -0.265. The van der Waals surface area contributed by atoms with Crippen LogP contribution in [0, 0.1) is 0 Å². The maximum absolute atomic E-state index is 12.3. The van der Waals surface area contributed by atoms with Gasteiger partial charge < -0.3 is 10.6 Å². The number of aryl methyl sites for hydroxylation is 1. The summed E-state index contributed by atoms with van der Waals surface area (Å²) < 4.78 is 1.27. The van der Waals surface area contributed by atoms with Crippen LogP contribution in [0.3, 0.4) is 0 Å². The predicted molar refractivity (Wildman–Crippen MR) is 98.9 cm³/mol. The van der Waals surface area contributed by atoms with Crippen LogP contribution >= 0.6 is 0 Å². The zero-order valence-corrected chi connectivity index (χ0v) is 14.4. The highest BCUT2D eigenvalue weighted by atomic mass is 16.2. The molecule has 2 N–H and O–H groups in total. The van der Waals surface area contributed by atoms with Crippen LogP contribution in [0.5, 0.6) is 0 Å². The second-order valence-corrected chi connectivity index (χ2v) is 5.86. The number of nitrogens with one attached hydrogen (secondary N) is 2. The predicted octanol–water partition coefficient (Wildman–Crippen LogP) is 1.82. The molecular formula is C19H18N4O3. The Morgan fingerprint density at radius 3 is 2.35 bits per heavy atom. The highest BCUT2D eigenvalue weighted by Gasteiger charge is 2.11. The number of hydrogen-bond donors (Lipinski definition) is 2. The minimum Gasteiger partial charge on any atom is -0.346 e. The Morgan fingerprint density at radius 2 is 1.69 bits per heavy atom. The van der Waals surface area contributed by atoms with Crippen molar-refractivity contribution in [2.24, 2.45) is 7.05 Å². The lowest BCUT2D eigenvalue weighted by Crippen LogP contribution is -2.27. The largest absolute Gasteiger partial charge is 0.346 e. The van der Waals surface area contributed by atoms with E-state index in [1.807, 2.05) is 12.1 Å². The molecule has 132 valence electrons. The lowest BCUT2D eigenvalue weighted by molar-refractivity contribution is -0.114. The van der Waals surface area contributed by atoms with Gasteiger partial charge in [-0.2, -0.15) is 5.10 Å². The van der Waals surface area contributed by atoms with Crippen LogP contribution in [0.1, 0.15) is 23.0 Å². The normalized spacial score (nSPS) is 10.5. The Bertz CT molecular complexity index is 1040. The Balaban J connectivity index is 1.78. The van der Waals surface area contributed by atoms with Crippen LogP contribution in [0.2, 0.25) is 0 Å². The molecule has 0 unspecified atom stereocenters. The van der Waals surface area contributed by atoms with Crippen LogP contribution in [0.15, 0.2) is 53.3 Å². The van der Waals surface area contributed by atoms with E-state index in [-0.39, 0.29) is 23.9 Å². The third kappa shape index (κ3) is 3.61. The molecule has 0 fully saturated rings. The molecule has 7 heteroatoms. The molecule has 1 heterocycles. The summed E-state index contributed by atoms with van der Waals surface area (Å²) in [4.78, 5) is 35.5. The van der Waals surface area contributed by atoms with E-state index < -0.39 is 0 Å². The van der Waals surface area contributed by atoms with E-state index in [1.165, 1.54) is 11.6 Å². The number of benzene rings is 2. The lowest BCUT2D eigenvalue weighted by Gasteiger charge is -2.10. The van der Waals surface area contributed by atoms with Crippen molar-refractivity contribution in [2.45, 2.75) is 13.5 Å². The maximum Gasteiger partial charge on any atom is 0.274 e. The molecule has 3 rings (SSSR count). The molecule has 0 saturated carbocycles. The Morgan fingerprint density at radius 1 is 1.04 bits per heavy atom. The number of hydrogen-bond acceptors (Lipinski definition) is 4. The van der Waals surface area contributed by atoms with Gasteiger partial charge in [0.15, 0.2) is 0 Å². The fourth-order valence-electron chi connectivity index (χ4n) is 2.68. The average Bonchev–Trinajstić information content (AvgIpc) is 2.63. The second-order valence-electron chi connectivity index (χ2n) is 5.86. The van der Waals surface area contributed by atoms with E-state index in [0.717, 1.165) is 5.39 Å². The topological polar surface area (TPSA) is 93.1 Å². The van der Waals surface area contributed by atoms with Gasteiger partial charge in [0.1, 0.15) is 0 Å². The Hall–Kier alpha value is -3.48. The van der Waals surface area contributed by atoms with Crippen molar-refractivity contribution >= 4 is 28.3 Å². The van der Waals surface area contributed by atoms with Gasteiger partial charge in [-0.25, -0.2) is 4.68 Å². The molecule has 2 amide bonds. The molecule has 0 aliphatic heterocycles. The number of carbonyl (C=O) groups excluding carboxylic acids is 2. The molecule has 2 aromatic carbocycles. The minimum absolute atomic E-state index is 0.171. The summed E-state index contributed by atoms with van der Waals surface area (Å²) >= 11 is 0. The highest BCUT2D eigenvalue weighted by molar-refractivity contribution is 5.95. The monoisotopic (exact) mass is 350 g/mol. The number of carbonyl (C=O) groups is 2. The first-order chi connectivity index (χ1) is 12.5. The van der Waals surface area contributed by atoms with Crippen LogP contribution < -0.4 is 16.2 Å². The van der Waals surface area contributed by atoms with Crippen molar-refractivity contribution in [1.29, 1.82) is 0 Å². The smallest absolute Gasteiger partial charge is 0.274 e. The van der Waals surface area contributed by atoms with E-state index in [2.05, 4.69) is 15.7 Å². The van der Waals surface area contributed by atoms with Gasteiger partial charge in [-0.1, -0.05) is 18.2 Å². The van der Waals surface area contributed by atoms with E-state index in [9.17, 15) is 14.4 Å². The number of rotatable bonds is 4. The molecule has 0 aliphatic rings. The van der Waals surface area contributed by atoms with Crippen molar-refractivity contribution < 1.29 is 9.59 Å². The summed E-state index contributed by atoms with van der Waals surface area (Å²) in [6, 6.07) is 13.8. The summed E-state index contributed by atoms with van der Waals surface area (Å²) in [6.45, 7) is 1.62. The summed E-state index contributed by atoms with van der Waals surface area (Å²) in [5, 5.41) is 11.0. The Labute approximate surface area is 149 Å². The van der Waals surface area contributed by atoms with Gasteiger partial charge in [-0.05, 0) is 30.3 Å². The van der Waals surface area contributed by atoms with Gasteiger partial charge in [0.25, 0.3) is 11.5 Å². The fraction of sp³-hybridized carbons (Fsp3) is 0.158. The molecule has 0 aliphatic carbocycles. The standard InChI is InChI=1S/C19H18N4O3/c1-12(24)21-14-9-7-13(8-10-14)18(25)20-11-17-15-5-3-4-6-16(15)19(26)23(2)22-17/h3-10H,11H2,1-2H3,(H,20,25)(H,21,24). The number of nitrogens with zero attached hydrogens (tertiary/aromatic N) is 2. The quantitative estimate of drug-likeness (QED) is 0.751. The van der Waals surface area contributed by atoms with Gasteiger partial charge in [-0.15, -0.1) is 0 Å². The molecule has 0 spiro atoms. The van der Waals surface area contributed by atoms with Crippen molar-refractivity contribution in [3.8, 4) is 0 Å². The van der Waals surface area contributed by atoms with E-state index in [4.69, 9.17) is 0 Å².